The van der Waals surface area contributed by atoms with E-state index >= 15 is 0 Å². The predicted molar refractivity (Wildman–Crippen MR) is 191 cm³/mol. The van der Waals surface area contributed by atoms with Gasteiger partial charge < -0.3 is 9.88 Å². The van der Waals surface area contributed by atoms with Crippen molar-refractivity contribution < 1.29 is 0 Å². The van der Waals surface area contributed by atoms with Crippen molar-refractivity contribution in [2.24, 2.45) is 9.98 Å². The molecule has 222 valence electrons. The summed E-state index contributed by atoms with van der Waals surface area (Å²) in [7, 11) is 0. The van der Waals surface area contributed by atoms with Crippen molar-refractivity contribution in [1.29, 1.82) is 0 Å². The highest BCUT2D eigenvalue weighted by atomic mass is 15.2. The number of amidine groups is 2. The Bertz CT molecular complexity index is 2280. The smallest absolute Gasteiger partial charge is 0.169 e. The number of fused-ring (bicyclic) bond motifs is 5. The lowest BCUT2D eigenvalue weighted by Gasteiger charge is -2.24. The lowest BCUT2D eigenvalue weighted by Crippen LogP contribution is -2.36. The lowest BCUT2D eigenvalue weighted by molar-refractivity contribution is 0.652. The van der Waals surface area contributed by atoms with Crippen LogP contribution in [0.25, 0.3) is 33.1 Å². The molecule has 46 heavy (non-hydrogen) atoms. The fourth-order valence-corrected chi connectivity index (χ4v) is 7.62. The third kappa shape index (κ3) is 4.13. The quantitative estimate of drug-likeness (QED) is 0.217. The molecule has 2 aliphatic carbocycles. The van der Waals surface area contributed by atoms with Gasteiger partial charge in [0.05, 0.1) is 11.0 Å². The molecule has 5 aromatic carbocycles. The number of para-hydroxylation sites is 1. The SMILES string of the molecule is CC1(C)C2=C(CCC=C2)c2cc3c(cc21)c1ccccc1n3-c1ccc(C2=NC(c3ccccc3)N=C(c3ccccc3)N2)cc1. The maximum absolute atomic E-state index is 5.08. The molecule has 2 heterocycles. The molecule has 0 saturated carbocycles. The van der Waals surface area contributed by atoms with Crippen LogP contribution in [0.1, 0.15) is 60.7 Å². The number of hydrogen-bond donors (Lipinski definition) is 1. The maximum Gasteiger partial charge on any atom is 0.169 e. The molecule has 0 fully saturated rings. The van der Waals surface area contributed by atoms with Crippen molar-refractivity contribution in [1.82, 2.24) is 9.88 Å². The molecule has 0 bridgehead atoms. The standard InChI is InChI=1S/C42H34N4/c1-42(2)35-19-11-9-17-31(35)33-26-38-34(25-36(33)42)32-18-10-12-20-37(32)46(38)30-23-21-29(22-24-30)41-44-39(27-13-5-3-6-14-27)43-40(45-41)28-15-7-4-8-16-28/h3-8,10-16,18-26,39H,9,17H2,1-2H3,(H,43,44,45). The summed E-state index contributed by atoms with van der Waals surface area (Å²) in [5.41, 5.74) is 12.6. The molecule has 0 radical (unpaired) electrons. The first-order valence-corrected chi connectivity index (χ1v) is 16.2. The monoisotopic (exact) mass is 594 g/mol. The molecule has 0 spiro atoms. The van der Waals surface area contributed by atoms with E-state index in [2.05, 4.69) is 121 Å². The predicted octanol–water partition coefficient (Wildman–Crippen LogP) is 9.67. The van der Waals surface area contributed by atoms with Gasteiger partial charge in [-0.3, -0.25) is 0 Å². The van der Waals surface area contributed by atoms with Gasteiger partial charge in [-0.2, -0.15) is 0 Å². The third-order valence-corrected chi connectivity index (χ3v) is 9.94. The molecule has 1 atom stereocenters. The lowest BCUT2D eigenvalue weighted by atomic mass is 9.80. The van der Waals surface area contributed by atoms with Crippen molar-refractivity contribution in [3.05, 3.63) is 167 Å². The Balaban J connectivity index is 1.16. The van der Waals surface area contributed by atoms with E-state index in [1.807, 2.05) is 36.4 Å². The summed E-state index contributed by atoms with van der Waals surface area (Å²) in [6.45, 7) is 4.76. The Morgan fingerprint density at radius 1 is 0.696 bits per heavy atom. The van der Waals surface area contributed by atoms with E-state index < -0.39 is 0 Å². The summed E-state index contributed by atoms with van der Waals surface area (Å²) >= 11 is 0. The van der Waals surface area contributed by atoms with Crippen molar-refractivity contribution in [2.75, 3.05) is 0 Å². The van der Waals surface area contributed by atoms with Crippen LogP contribution in [0.5, 0.6) is 0 Å². The number of nitrogens with zero attached hydrogens (tertiary/aromatic N) is 3. The van der Waals surface area contributed by atoms with Crippen molar-refractivity contribution in [2.45, 2.75) is 38.3 Å². The van der Waals surface area contributed by atoms with E-state index in [1.165, 1.54) is 44.1 Å². The summed E-state index contributed by atoms with van der Waals surface area (Å²) in [4.78, 5) is 10.1. The van der Waals surface area contributed by atoms with Gasteiger partial charge >= 0.3 is 0 Å². The first kappa shape index (κ1) is 26.9. The van der Waals surface area contributed by atoms with E-state index in [9.17, 15) is 0 Å². The molecule has 3 aliphatic rings. The van der Waals surface area contributed by atoms with Gasteiger partial charge in [-0.25, -0.2) is 9.98 Å². The molecule has 6 aromatic rings. The zero-order valence-corrected chi connectivity index (χ0v) is 26.0. The number of aliphatic imine (C=N–C) groups is 2. The normalized spacial score (nSPS) is 18.3. The maximum atomic E-state index is 5.08. The van der Waals surface area contributed by atoms with Crippen LogP contribution in [-0.2, 0) is 5.41 Å². The first-order valence-electron chi connectivity index (χ1n) is 16.2. The van der Waals surface area contributed by atoms with Crippen LogP contribution in [0.15, 0.2) is 149 Å². The third-order valence-electron chi connectivity index (χ3n) is 9.94. The molecule has 4 heteroatoms. The molecule has 4 nitrogen and oxygen atoms in total. The zero-order valence-electron chi connectivity index (χ0n) is 26.0. The Morgan fingerprint density at radius 2 is 1.37 bits per heavy atom. The van der Waals surface area contributed by atoms with Gasteiger partial charge in [0.1, 0.15) is 11.7 Å². The number of aromatic nitrogens is 1. The van der Waals surface area contributed by atoms with Gasteiger partial charge in [-0.1, -0.05) is 105 Å². The highest BCUT2D eigenvalue weighted by Gasteiger charge is 2.37. The fourth-order valence-electron chi connectivity index (χ4n) is 7.62. The van der Waals surface area contributed by atoms with Gasteiger partial charge in [-0.15, -0.1) is 0 Å². The van der Waals surface area contributed by atoms with Gasteiger partial charge in [0, 0.05) is 33.0 Å². The molecular formula is C42H34N4. The van der Waals surface area contributed by atoms with E-state index in [0.29, 0.717) is 0 Å². The molecular weight excluding hydrogens is 560 g/mol. The fraction of sp³-hybridized carbons (Fsp3) is 0.143. The minimum atomic E-state index is -0.315. The minimum Gasteiger partial charge on any atom is -0.324 e. The number of benzene rings is 5. The van der Waals surface area contributed by atoms with Crippen LogP contribution >= 0.6 is 0 Å². The van der Waals surface area contributed by atoms with E-state index in [0.717, 1.165) is 46.9 Å². The summed E-state index contributed by atoms with van der Waals surface area (Å²) in [6, 6.07) is 43.1. The molecule has 1 aromatic heterocycles. The second-order valence-corrected chi connectivity index (χ2v) is 13.0. The van der Waals surface area contributed by atoms with Crippen LogP contribution in [-0.4, -0.2) is 16.2 Å². The van der Waals surface area contributed by atoms with Gasteiger partial charge in [-0.05, 0) is 83.1 Å². The highest BCUT2D eigenvalue weighted by molar-refractivity contribution is 6.16. The van der Waals surface area contributed by atoms with Crippen molar-refractivity contribution in [3.63, 3.8) is 0 Å². The second-order valence-electron chi connectivity index (χ2n) is 13.0. The van der Waals surface area contributed by atoms with E-state index in [-0.39, 0.29) is 11.6 Å². The summed E-state index contributed by atoms with van der Waals surface area (Å²) in [5.74, 6) is 1.65. The Kier molecular flexibility index (Phi) is 6.01. The number of rotatable bonds is 4. The second kappa shape index (κ2) is 10.3. The van der Waals surface area contributed by atoms with Gasteiger partial charge in [0.15, 0.2) is 6.17 Å². The van der Waals surface area contributed by atoms with E-state index in [4.69, 9.17) is 9.98 Å². The van der Waals surface area contributed by atoms with Crippen LogP contribution in [0.2, 0.25) is 0 Å². The molecule has 1 N–H and O–H groups in total. The Hall–Kier alpha value is -5.48. The van der Waals surface area contributed by atoms with Gasteiger partial charge in [0.25, 0.3) is 0 Å². The zero-order chi connectivity index (χ0) is 30.8. The Morgan fingerprint density at radius 3 is 2.13 bits per heavy atom. The van der Waals surface area contributed by atoms with Gasteiger partial charge in [0.2, 0.25) is 0 Å². The number of nitrogens with one attached hydrogen (secondary N) is 1. The molecule has 1 aliphatic heterocycles. The minimum absolute atomic E-state index is 0.00780. The molecule has 1 unspecified atom stereocenters. The van der Waals surface area contributed by atoms with Crippen LogP contribution < -0.4 is 5.32 Å². The summed E-state index contributed by atoms with van der Waals surface area (Å²) < 4.78 is 2.43. The first-order chi connectivity index (χ1) is 22.6. The van der Waals surface area contributed by atoms with Crippen molar-refractivity contribution in [3.8, 4) is 5.69 Å². The molecule has 0 amide bonds. The summed E-state index contributed by atoms with van der Waals surface area (Å²) in [6.07, 6.45) is 6.61. The highest BCUT2D eigenvalue weighted by Crippen LogP contribution is 2.51. The van der Waals surface area contributed by atoms with Crippen molar-refractivity contribution >= 4 is 39.1 Å². The Labute approximate surface area is 269 Å². The summed E-state index contributed by atoms with van der Waals surface area (Å²) in [5, 5.41) is 6.14. The van der Waals surface area contributed by atoms with Crippen LogP contribution in [0, 0.1) is 0 Å². The van der Waals surface area contributed by atoms with Crippen LogP contribution in [0.4, 0.5) is 0 Å². The topological polar surface area (TPSA) is 41.7 Å². The average molecular weight is 595 g/mol. The average Bonchev–Trinajstić information content (AvgIpc) is 3.56. The van der Waals surface area contributed by atoms with Crippen LogP contribution in [0.3, 0.4) is 0 Å². The largest absolute Gasteiger partial charge is 0.324 e. The molecule has 0 saturated heterocycles. The molecule has 9 rings (SSSR count). The number of allylic oxidation sites excluding steroid dienone is 4. The van der Waals surface area contributed by atoms with E-state index in [1.54, 1.807) is 0 Å². The number of hydrogen-bond acceptors (Lipinski definition) is 3.